The van der Waals surface area contributed by atoms with Crippen molar-refractivity contribution in [2.75, 3.05) is 19.0 Å². The number of nitrogens with zero attached hydrogens (tertiary/aromatic N) is 1. The van der Waals surface area contributed by atoms with E-state index in [1.807, 2.05) is 0 Å². The Hall–Kier alpha value is -1.76. The number of nitriles is 1. The number of halogens is 1. The van der Waals surface area contributed by atoms with Crippen molar-refractivity contribution in [3.05, 3.63) is 24.0 Å². The molecule has 1 aromatic carbocycles. The van der Waals surface area contributed by atoms with Gasteiger partial charge < -0.3 is 10.1 Å². The molecule has 0 aromatic heterocycles. The lowest BCUT2D eigenvalue weighted by Crippen LogP contribution is -2.13. The largest absolute Gasteiger partial charge is 0.494 e. The number of hydrogen-bond donors (Lipinski definition) is 1. The Morgan fingerprint density at radius 1 is 1.56 bits per heavy atom. The number of hydrogen-bond acceptors (Lipinski definition) is 3. The van der Waals surface area contributed by atoms with Crippen molar-refractivity contribution >= 4 is 5.69 Å². The highest BCUT2D eigenvalue weighted by molar-refractivity contribution is 5.48. The van der Waals surface area contributed by atoms with Gasteiger partial charge >= 0.3 is 0 Å². The van der Waals surface area contributed by atoms with E-state index in [2.05, 4.69) is 11.4 Å². The van der Waals surface area contributed by atoms with Crippen molar-refractivity contribution in [1.82, 2.24) is 0 Å². The van der Waals surface area contributed by atoms with Crippen LogP contribution < -0.4 is 10.1 Å². The molecule has 3 nitrogen and oxygen atoms in total. The van der Waals surface area contributed by atoms with Crippen LogP contribution in [0.15, 0.2) is 18.2 Å². The summed E-state index contributed by atoms with van der Waals surface area (Å²) in [7, 11) is 1.43. The first-order chi connectivity index (χ1) is 7.69. The summed E-state index contributed by atoms with van der Waals surface area (Å²) >= 11 is 0. The van der Waals surface area contributed by atoms with Crippen LogP contribution in [0.25, 0.3) is 0 Å². The van der Waals surface area contributed by atoms with E-state index >= 15 is 0 Å². The lowest BCUT2D eigenvalue weighted by atomic mass is 10.1. The minimum absolute atomic E-state index is 0.226. The summed E-state index contributed by atoms with van der Waals surface area (Å²) in [4.78, 5) is 0. The van der Waals surface area contributed by atoms with E-state index in [0.717, 1.165) is 12.8 Å². The average molecular weight is 220 g/mol. The molecule has 2 rings (SSSR count). The summed E-state index contributed by atoms with van der Waals surface area (Å²) in [5, 5.41) is 12.0. The van der Waals surface area contributed by atoms with Gasteiger partial charge in [-0.05, 0) is 25.0 Å². The Bertz CT molecular complexity index is 435. The number of anilines is 1. The van der Waals surface area contributed by atoms with Gasteiger partial charge in [0, 0.05) is 18.3 Å². The van der Waals surface area contributed by atoms with E-state index in [1.165, 1.54) is 13.2 Å². The summed E-state index contributed by atoms with van der Waals surface area (Å²) in [5.41, 5.74) is 0.455. The zero-order valence-electron chi connectivity index (χ0n) is 9.09. The normalized spacial score (nSPS) is 16.3. The molecule has 1 saturated carbocycles. The molecular formula is C12H13FN2O. The SMILES string of the molecule is COc1ccc(NCC2(C#N)CC2)cc1F. The molecule has 0 bridgehead atoms. The summed E-state index contributed by atoms with van der Waals surface area (Å²) in [6.07, 6.45) is 1.85. The lowest BCUT2D eigenvalue weighted by Gasteiger charge is -2.10. The fourth-order valence-electron chi connectivity index (χ4n) is 1.53. The molecule has 0 amide bonds. The molecule has 1 fully saturated rings. The molecule has 1 N–H and O–H groups in total. The monoisotopic (exact) mass is 220 g/mol. The summed E-state index contributed by atoms with van der Waals surface area (Å²) in [6.45, 7) is 0.579. The predicted molar refractivity (Wildman–Crippen MR) is 58.7 cm³/mol. The first kappa shape index (κ1) is 10.7. The Kier molecular flexibility index (Phi) is 2.69. The highest BCUT2D eigenvalue weighted by atomic mass is 19.1. The quantitative estimate of drug-likeness (QED) is 0.848. The second-order valence-corrected chi connectivity index (χ2v) is 4.10. The maximum atomic E-state index is 13.3. The summed E-state index contributed by atoms with van der Waals surface area (Å²) in [5.74, 6) is -0.165. The van der Waals surface area contributed by atoms with Crippen molar-refractivity contribution in [1.29, 1.82) is 5.26 Å². The standard InChI is InChI=1S/C12H13FN2O/c1-16-11-3-2-9(6-10(11)13)15-8-12(7-14)4-5-12/h2-3,6,15H,4-5,8H2,1H3. The second-order valence-electron chi connectivity index (χ2n) is 4.10. The Balaban J connectivity index is 2.00. The highest BCUT2D eigenvalue weighted by Gasteiger charge is 2.42. The number of benzene rings is 1. The van der Waals surface area contributed by atoms with Gasteiger partial charge in [0.15, 0.2) is 11.6 Å². The zero-order valence-corrected chi connectivity index (χ0v) is 9.09. The summed E-state index contributed by atoms with van der Waals surface area (Å²) in [6, 6.07) is 6.98. The first-order valence-corrected chi connectivity index (χ1v) is 5.18. The maximum absolute atomic E-state index is 13.3. The fraction of sp³-hybridized carbons (Fsp3) is 0.417. The Morgan fingerprint density at radius 3 is 2.81 bits per heavy atom. The van der Waals surface area contributed by atoms with Gasteiger partial charge in [0.25, 0.3) is 0 Å². The molecule has 1 aromatic rings. The average Bonchev–Trinajstić information content (AvgIpc) is 3.07. The third kappa shape index (κ3) is 2.08. The Morgan fingerprint density at radius 2 is 2.31 bits per heavy atom. The van der Waals surface area contributed by atoms with E-state index in [4.69, 9.17) is 10.00 Å². The van der Waals surface area contributed by atoms with Crippen LogP contribution in [0.5, 0.6) is 5.75 Å². The van der Waals surface area contributed by atoms with Gasteiger partial charge in [0.05, 0.1) is 18.6 Å². The molecule has 0 aliphatic heterocycles. The van der Waals surface area contributed by atoms with Gasteiger partial charge in [-0.2, -0.15) is 5.26 Å². The van der Waals surface area contributed by atoms with Gasteiger partial charge in [-0.15, -0.1) is 0 Å². The van der Waals surface area contributed by atoms with E-state index in [0.29, 0.717) is 12.2 Å². The second kappa shape index (κ2) is 4.01. The van der Waals surface area contributed by atoms with Gasteiger partial charge in [0.2, 0.25) is 0 Å². The van der Waals surface area contributed by atoms with Crippen LogP contribution in [-0.4, -0.2) is 13.7 Å². The van der Waals surface area contributed by atoms with Crippen LogP contribution in [0.3, 0.4) is 0 Å². The molecule has 0 unspecified atom stereocenters. The molecular weight excluding hydrogens is 207 g/mol. The molecule has 16 heavy (non-hydrogen) atoms. The van der Waals surface area contributed by atoms with E-state index in [9.17, 15) is 4.39 Å². The molecule has 4 heteroatoms. The van der Waals surface area contributed by atoms with Crippen molar-refractivity contribution in [2.24, 2.45) is 5.41 Å². The third-order valence-electron chi connectivity index (χ3n) is 2.87. The number of ether oxygens (including phenoxy) is 1. The van der Waals surface area contributed by atoms with Gasteiger partial charge in [0.1, 0.15) is 0 Å². The number of rotatable bonds is 4. The van der Waals surface area contributed by atoms with Crippen LogP contribution in [0, 0.1) is 22.6 Å². The molecule has 0 radical (unpaired) electrons. The predicted octanol–water partition coefficient (Wildman–Crippen LogP) is 2.55. The van der Waals surface area contributed by atoms with Crippen LogP contribution in [-0.2, 0) is 0 Å². The smallest absolute Gasteiger partial charge is 0.167 e. The molecule has 0 atom stereocenters. The highest BCUT2D eigenvalue weighted by Crippen LogP contribution is 2.44. The van der Waals surface area contributed by atoms with Crippen molar-refractivity contribution in [2.45, 2.75) is 12.8 Å². The fourth-order valence-corrected chi connectivity index (χ4v) is 1.53. The van der Waals surface area contributed by atoms with Crippen molar-refractivity contribution in [3.8, 4) is 11.8 Å². The minimum atomic E-state index is -0.394. The van der Waals surface area contributed by atoms with Gasteiger partial charge in [-0.25, -0.2) is 4.39 Å². The molecule has 0 heterocycles. The molecule has 84 valence electrons. The third-order valence-corrected chi connectivity index (χ3v) is 2.87. The Labute approximate surface area is 93.8 Å². The topological polar surface area (TPSA) is 45.0 Å². The van der Waals surface area contributed by atoms with Crippen LogP contribution >= 0.6 is 0 Å². The van der Waals surface area contributed by atoms with E-state index < -0.39 is 5.82 Å². The number of nitrogens with one attached hydrogen (secondary N) is 1. The van der Waals surface area contributed by atoms with Crippen LogP contribution in [0.1, 0.15) is 12.8 Å². The number of methoxy groups -OCH3 is 1. The molecule has 1 aliphatic rings. The van der Waals surface area contributed by atoms with Crippen LogP contribution in [0.4, 0.5) is 10.1 Å². The first-order valence-electron chi connectivity index (χ1n) is 5.18. The van der Waals surface area contributed by atoms with Crippen molar-refractivity contribution < 1.29 is 9.13 Å². The molecule has 0 spiro atoms. The summed E-state index contributed by atoms with van der Waals surface area (Å²) < 4.78 is 18.2. The molecule has 1 aliphatic carbocycles. The zero-order chi connectivity index (χ0) is 11.6. The van der Waals surface area contributed by atoms with Gasteiger partial charge in [-0.3, -0.25) is 0 Å². The van der Waals surface area contributed by atoms with Crippen LogP contribution in [0.2, 0.25) is 0 Å². The van der Waals surface area contributed by atoms with E-state index in [-0.39, 0.29) is 11.2 Å². The van der Waals surface area contributed by atoms with Crippen molar-refractivity contribution in [3.63, 3.8) is 0 Å². The molecule has 0 saturated heterocycles. The minimum Gasteiger partial charge on any atom is -0.494 e. The van der Waals surface area contributed by atoms with Gasteiger partial charge in [-0.1, -0.05) is 0 Å². The lowest BCUT2D eigenvalue weighted by molar-refractivity contribution is 0.386. The maximum Gasteiger partial charge on any atom is 0.167 e. The van der Waals surface area contributed by atoms with E-state index in [1.54, 1.807) is 12.1 Å².